The summed E-state index contributed by atoms with van der Waals surface area (Å²) in [5.74, 6) is 0.0902. The monoisotopic (exact) mass is 398 g/mol. The first-order valence-corrected chi connectivity index (χ1v) is 9.73. The molecule has 0 saturated carbocycles. The molecule has 1 N–H and O–H groups in total. The zero-order valence-corrected chi connectivity index (χ0v) is 15.9. The zero-order valence-electron chi connectivity index (χ0n) is 15.1. The smallest absolute Gasteiger partial charge is 0.256 e. The molecular formula is C22H14N4O2S. The lowest BCUT2D eigenvalue weighted by Crippen LogP contribution is -2.12. The topological polar surface area (TPSA) is 80.4 Å². The third-order valence-corrected chi connectivity index (χ3v) is 5.54. The molecule has 0 unspecified atom stereocenters. The number of carbonyl (C=O) groups excluding carboxylic acids is 1. The summed E-state index contributed by atoms with van der Waals surface area (Å²) in [6.45, 7) is 0. The van der Waals surface area contributed by atoms with Gasteiger partial charge in [0.05, 0.1) is 17.1 Å². The summed E-state index contributed by atoms with van der Waals surface area (Å²) < 4.78 is 4.76. The maximum absolute atomic E-state index is 12.6. The molecule has 0 fully saturated rings. The van der Waals surface area contributed by atoms with Gasteiger partial charge in [-0.25, -0.2) is 4.99 Å². The van der Waals surface area contributed by atoms with Crippen LogP contribution in [-0.4, -0.2) is 21.8 Å². The van der Waals surface area contributed by atoms with Gasteiger partial charge in [-0.3, -0.25) is 9.78 Å². The number of fused-ring (bicyclic) bond motifs is 2. The van der Waals surface area contributed by atoms with Crippen LogP contribution in [0.2, 0.25) is 0 Å². The SMILES string of the molecule is O=C(Nc1ccon1)c1ccc2c(c1)N=C(c1ccccn1)c1ccccc1S2. The Kier molecular flexibility index (Phi) is 4.42. The number of benzene rings is 2. The fourth-order valence-corrected chi connectivity index (χ4v) is 4.05. The van der Waals surface area contributed by atoms with Crippen LogP contribution in [0.4, 0.5) is 11.5 Å². The first-order chi connectivity index (χ1) is 14.3. The molecule has 0 bridgehead atoms. The number of nitrogens with zero attached hydrogens (tertiary/aromatic N) is 3. The minimum absolute atomic E-state index is 0.275. The van der Waals surface area contributed by atoms with Crippen molar-refractivity contribution in [3.8, 4) is 0 Å². The van der Waals surface area contributed by atoms with Crippen molar-refractivity contribution in [3.63, 3.8) is 0 Å². The van der Waals surface area contributed by atoms with Gasteiger partial charge in [0.15, 0.2) is 5.82 Å². The van der Waals surface area contributed by atoms with Crippen molar-refractivity contribution in [2.75, 3.05) is 5.32 Å². The van der Waals surface area contributed by atoms with Gasteiger partial charge in [-0.1, -0.05) is 41.2 Å². The summed E-state index contributed by atoms with van der Waals surface area (Å²) in [5, 5.41) is 6.43. The molecule has 4 aromatic rings. The molecule has 0 radical (unpaired) electrons. The fraction of sp³-hybridized carbons (Fsp3) is 0. The van der Waals surface area contributed by atoms with E-state index >= 15 is 0 Å². The molecule has 0 atom stereocenters. The molecule has 0 saturated heterocycles. The molecule has 1 aliphatic rings. The van der Waals surface area contributed by atoms with E-state index in [0.717, 1.165) is 32.4 Å². The summed E-state index contributed by atoms with van der Waals surface area (Å²) in [5.41, 5.74) is 3.79. The van der Waals surface area contributed by atoms with Gasteiger partial charge in [0.25, 0.3) is 5.91 Å². The maximum Gasteiger partial charge on any atom is 0.256 e. The average molecular weight is 398 g/mol. The number of rotatable bonds is 3. The van der Waals surface area contributed by atoms with Crippen molar-refractivity contribution >= 4 is 34.9 Å². The average Bonchev–Trinajstić information content (AvgIpc) is 3.21. The van der Waals surface area contributed by atoms with Gasteiger partial charge in [0.2, 0.25) is 0 Å². The van der Waals surface area contributed by atoms with Crippen LogP contribution in [0.3, 0.4) is 0 Å². The molecule has 7 heteroatoms. The van der Waals surface area contributed by atoms with Crippen molar-refractivity contribution in [1.29, 1.82) is 0 Å². The Morgan fingerprint density at radius 1 is 0.966 bits per heavy atom. The highest BCUT2D eigenvalue weighted by atomic mass is 32.2. The van der Waals surface area contributed by atoms with E-state index in [4.69, 9.17) is 9.52 Å². The van der Waals surface area contributed by atoms with Gasteiger partial charge < -0.3 is 9.84 Å². The van der Waals surface area contributed by atoms with Crippen LogP contribution in [0.15, 0.2) is 98.5 Å². The Hall–Kier alpha value is -3.71. The number of hydrogen-bond acceptors (Lipinski definition) is 6. The van der Waals surface area contributed by atoms with Crippen molar-refractivity contribution in [2.45, 2.75) is 9.79 Å². The molecule has 1 aliphatic heterocycles. The van der Waals surface area contributed by atoms with Gasteiger partial charge in [-0.2, -0.15) is 0 Å². The predicted octanol–water partition coefficient (Wildman–Crippen LogP) is 4.96. The molecule has 29 heavy (non-hydrogen) atoms. The molecular weight excluding hydrogens is 384 g/mol. The minimum Gasteiger partial charge on any atom is -0.363 e. The number of aromatic nitrogens is 2. The quantitative estimate of drug-likeness (QED) is 0.465. The van der Waals surface area contributed by atoms with Crippen LogP contribution >= 0.6 is 11.8 Å². The Balaban J connectivity index is 1.60. The standard InChI is InChI=1S/C22H14N4O2S/c27-22(25-20-10-12-28-26-20)14-8-9-19-17(13-14)24-21(16-6-3-4-11-23-16)15-5-1-2-7-18(15)29-19/h1-13H,(H,25,26,27). The fourth-order valence-electron chi connectivity index (χ4n) is 3.05. The highest BCUT2D eigenvalue weighted by molar-refractivity contribution is 7.99. The third-order valence-electron chi connectivity index (χ3n) is 4.40. The predicted molar refractivity (Wildman–Crippen MR) is 111 cm³/mol. The summed E-state index contributed by atoms with van der Waals surface area (Å²) in [7, 11) is 0. The van der Waals surface area contributed by atoms with E-state index in [-0.39, 0.29) is 5.91 Å². The Morgan fingerprint density at radius 2 is 1.86 bits per heavy atom. The number of carbonyl (C=O) groups is 1. The van der Waals surface area contributed by atoms with E-state index in [2.05, 4.69) is 21.5 Å². The molecule has 2 aromatic heterocycles. The molecule has 3 heterocycles. The molecule has 0 spiro atoms. The van der Waals surface area contributed by atoms with E-state index < -0.39 is 0 Å². The summed E-state index contributed by atoms with van der Waals surface area (Å²) in [6.07, 6.45) is 3.16. The zero-order chi connectivity index (χ0) is 19.6. The molecule has 140 valence electrons. The number of aliphatic imine (C=N–C) groups is 1. The lowest BCUT2D eigenvalue weighted by atomic mass is 10.1. The molecule has 0 aliphatic carbocycles. The number of amides is 1. The minimum atomic E-state index is -0.275. The third kappa shape index (κ3) is 3.43. The van der Waals surface area contributed by atoms with Crippen LogP contribution in [-0.2, 0) is 0 Å². The maximum atomic E-state index is 12.6. The van der Waals surface area contributed by atoms with Crippen molar-refractivity contribution in [2.24, 2.45) is 4.99 Å². The van der Waals surface area contributed by atoms with Crippen molar-refractivity contribution in [1.82, 2.24) is 10.1 Å². The van der Waals surface area contributed by atoms with Gasteiger partial charge in [-0.05, 0) is 36.4 Å². The summed E-state index contributed by atoms with van der Waals surface area (Å²) in [4.78, 5) is 24.1. The van der Waals surface area contributed by atoms with Gasteiger partial charge in [0.1, 0.15) is 6.26 Å². The first-order valence-electron chi connectivity index (χ1n) is 8.91. The molecule has 1 amide bonds. The highest BCUT2D eigenvalue weighted by Crippen LogP contribution is 2.41. The second-order valence-corrected chi connectivity index (χ2v) is 7.38. The number of nitrogens with one attached hydrogen (secondary N) is 1. The Bertz CT molecular complexity index is 1220. The van der Waals surface area contributed by atoms with Gasteiger partial charge >= 0.3 is 0 Å². The lowest BCUT2D eigenvalue weighted by Gasteiger charge is -2.07. The van der Waals surface area contributed by atoms with E-state index in [0.29, 0.717) is 11.4 Å². The second-order valence-electron chi connectivity index (χ2n) is 6.29. The van der Waals surface area contributed by atoms with Crippen LogP contribution in [0.25, 0.3) is 0 Å². The molecule has 5 rings (SSSR count). The highest BCUT2D eigenvalue weighted by Gasteiger charge is 2.20. The van der Waals surface area contributed by atoms with Crippen molar-refractivity contribution < 1.29 is 9.32 Å². The summed E-state index contributed by atoms with van der Waals surface area (Å²) in [6, 6.07) is 20.9. The van der Waals surface area contributed by atoms with Crippen molar-refractivity contribution in [3.05, 3.63) is 96.0 Å². The van der Waals surface area contributed by atoms with E-state index in [1.807, 2.05) is 42.5 Å². The number of anilines is 1. The number of pyridine rings is 1. The first kappa shape index (κ1) is 17.4. The van der Waals surface area contributed by atoms with Gasteiger partial charge in [-0.15, -0.1) is 0 Å². The Labute approximate surface area is 170 Å². The van der Waals surface area contributed by atoms with Crippen LogP contribution < -0.4 is 5.32 Å². The van der Waals surface area contributed by atoms with E-state index in [1.54, 1.807) is 36.2 Å². The van der Waals surface area contributed by atoms with E-state index in [1.165, 1.54) is 6.26 Å². The van der Waals surface area contributed by atoms with Crippen LogP contribution in [0.5, 0.6) is 0 Å². The normalized spacial score (nSPS) is 12.3. The Morgan fingerprint density at radius 3 is 2.69 bits per heavy atom. The van der Waals surface area contributed by atoms with Crippen LogP contribution in [0.1, 0.15) is 21.6 Å². The van der Waals surface area contributed by atoms with Gasteiger partial charge in [0, 0.05) is 33.2 Å². The summed E-state index contributed by atoms with van der Waals surface area (Å²) >= 11 is 1.63. The molecule has 2 aromatic carbocycles. The largest absolute Gasteiger partial charge is 0.363 e. The van der Waals surface area contributed by atoms with Crippen LogP contribution in [0, 0.1) is 0 Å². The lowest BCUT2D eigenvalue weighted by molar-refractivity contribution is 0.102. The number of hydrogen-bond donors (Lipinski definition) is 1. The molecule has 6 nitrogen and oxygen atoms in total. The van der Waals surface area contributed by atoms with E-state index in [9.17, 15) is 4.79 Å². The second kappa shape index (κ2) is 7.37.